The molecule has 0 bridgehead atoms. The van der Waals surface area contributed by atoms with E-state index in [1.165, 1.54) is 6.07 Å². The Morgan fingerprint density at radius 3 is 2.71 bits per heavy atom. The molecular formula is C14H12BrClF2N2O. The maximum absolute atomic E-state index is 14.0. The fourth-order valence-corrected chi connectivity index (χ4v) is 2.34. The summed E-state index contributed by atoms with van der Waals surface area (Å²) in [6.07, 6.45) is 0. The van der Waals surface area contributed by atoms with Crippen molar-refractivity contribution < 1.29 is 13.5 Å². The first-order valence-corrected chi connectivity index (χ1v) is 7.18. The van der Waals surface area contributed by atoms with E-state index in [1.807, 2.05) is 0 Å². The number of nitrogens with two attached hydrogens (primary N) is 1. The SMILES string of the molecule is NNC(COc1cccc(Cl)c1)c1c(F)ccc(Br)c1F. The molecule has 112 valence electrons. The molecule has 2 aromatic carbocycles. The number of halogens is 4. The smallest absolute Gasteiger partial charge is 0.145 e. The van der Waals surface area contributed by atoms with Gasteiger partial charge in [-0.05, 0) is 46.3 Å². The van der Waals surface area contributed by atoms with E-state index in [2.05, 4.69) is 21.4 Å². The first-order chi connectivity index (χ1) is 10.0. The zero-order chi connectivity index (χ0) is 15.4. The van der Waals surface area contributed by atoms with E-state index in [1.54, 1.807) is 24.3 Å². The topological polar surface area (TPSA) is 47.3 Å². The molecule has 0 aliphatic heterocycles. The van der Waals surface area contributed by atoms with Crippen molar-refractivity contribution in [3.05, 3.63) is 63.1 Å². The molecular weight excluding hydrogens is 366 g/mol. The second kappa shape index (κ2) is 7.17. The molecule has 0 fully saturated rings. The molecule has 2 rings (SSSR count). The van der Waals surface area contributed by atoms with Crippen LogP contribution in [0, 0.1) is 11.6 Å². The van der Waals surface area contributed by atoms with Gasteiger partial charge in [0.05, 0.1) is 10.5 Å². The molecule has 0 aliphatic carbocycles. The second-order valence-corrected chi connectivity index (χ2v) is 5.54. The van der Waals surface area contributed by atoms with Gasteiger partial charge < -0.3 is 4.74 Å². The van der Waals surface area contributed by atoms with Crippen LogP contribution in [0.5, 0.6) is 5.75 Å². The highest BCUT2D eigenvalue weighted by Crippen LogP contribution is 2.27. The zero-order valence-corrected chi connectivity index (χ0v) is 13.1. The molecule has 21 heavy (non-hydrogen) atoms. The first-order valence-electron chi connectivity index (χ1n) is 6.01. The van der Waals surface area contributed by atoms with Crippen molar-refractivity contribution in [3.8, 4) is 5.75 Å². The minimum atomic E-state index is -0.846. The van der Waals surface area contributed by atoms with Crippen molar-refractivity contribution in [3.63, 3.8) is 0 Å². The number of hydrazine groups is 1. The number of nitrogens with one attached hydrogen (secondary N) is 1. The highest BCUT2D eigenvalue weighted by molar-refractivity contribution is 9.10. The molecule has 3 N–H and O–H groups in total. The number of hydrogen-bond acceptors (Lipinski definition) is 3. The molecule has 0 aromatic heterocycles. The lowest BCUT2D eigenvalue weighted by Crippen LogP contribution is -2.33. The van der Waals surface area contributed by atoms with Crippen molar-refractivity contribution >= 4 is 27.5 Å². The summed E-state index contributed by atoms with van der Waals surface area (Å²) in [6.45, 7) is -0.0544. The second-order valence-electron chi connectivity index (χ2n) is 4.24. The lowest BCUT2D eigenvalue weighted by molar-refractivity contribution is 0.260. The standard InChI is InChI=1S/C14H12BrClF2N2O/c15-10-4-5-11(17)13(14(10)18)12(20-19)7-21-9-3-1-2-8(16)6-9/h1-6,12,20H,7,19H2. The van der Waals surface area contributed by atoms with Crippen molar-refractivity contribution in [2.24, 2.45) is 5.84 Å². The van der Waals surface area contributed by atoms with Crippen LogP contribution in [0.1, 0.15) is 11.6 Å². The normalized spacial score (nSPS) is 12.2. The Hall–Kier alpha value is -1.21. The summed E-state index contributed by atoms with van der Waals surface area (Å²) in [5.74, 6) is 4.45. The van der Waals surface area contributed by atoms with Gasteiger partial charge in [0.15, 0.2) is 0 Å². The maximum atomic E-state index is 14.0. The van der Waals surface area contributed by atoms with Crippen molar-refractivity contribution in [2.45, 2.75) is 6.04 Å². The lowest BCUT2D eigenvalue weighted by atomic mass is 10.1. The predicted molar refractivity (Wildman–Crippen MR) is 81.1 cm³/mol. The Bertz CT molecular complexity index is 642. The van der Waals surface area contributed by atoms with E-state index in [4.69, 9.17) is 22.2 Å². The van der Waals surface area contributed by atoms with Crippen LogP contribution in [-0.2, 0) is 0 Å². The van der Waals surface area contributed by atoms with Crippen molar-refractivity contribution in [1.29, 1.82) is 0 Å². The Kier molecular flexibility index (Phi) is 5.52. The van der Waals surface area contributed by atoms with E-state index < -0.39 is 17.7 Å². The third-order valence-electron chi connectivity index (χ3n) is 2.84. The third-order valence-corrected chi connectivity index (χ3v) is 3.69. The molecule has 3 nitrogen and oxygen atoms in total. The predicted octanol–water partition coefficient (Wildman–Crippen LogP) is 3.96. The maximum Gasteiger partial charge on any atom is 0.145 e. The summed E-state index contributed by atoms with van der Waals surface area (Å²) in [7, 11) is 0. The molecule has 2 aromatic rings. The lowest BCUT2D eigenvalue weighted by Gasteiger charge is -2.19. The molecule has 0 amide bonds. The van der Waals surface area contributed by atoms with Crippen LogP contribution in [0.3, 0.4) is 0 Å². The van der Waals surface area contributed by atoms with Gasteiger partial charge in [-0.1, -0.05) is 17.7 Å². The summed E-state index contributed by atoms with van der Waals surface area (Å²) >= 11 is 8.85. The van der Waals surface area contributed by atoms with Crippen LogP contribution in [0.15, 0.2) is 40.9 Å². The van der Waals surface area contributed by atoms with Gasteiger partial charge in [-0.15, -0.1) is 0 Å². The van der Waals surface area contributed by atoms with Crippen LogP contribution >= 0.6 is 27.5 Å². The van der Waals surface area contributed by atoms with Gasteiger partial charge in [0, 0.05) is 10.6 Å². The Balaban J connectivity index is 2.19. The molecule has 0 spiro atoms. The molecule has 1 unspecified atom stereocenters. The largest absolute Gasteiger partial charge is 0.491 e. The monoisotopic (exact) mass is 376 g/mol. The summed E-state index contributed by atoms with van der Waals surface area (Å²) < 4.78 is 33.5. The fraction of sp³-hybridized carbons (Fsp3) is 0.143. The average molecular weight is 378 g/mol. The van der Waals surface area contributed by atoms with Gasteiger partial charge in [-0.25, -0.2) is 14.2 Å². The minimum Gasteiger partial charge on any atom is -0.491 e. The Morgan fingerprint density at radius 1 is 1.29 bits per heavy atom. The number of ether oxygens (including phenoxy) is 1. The Morgan fingerprint density at radius 2 is 2.05 bits per heavy atom. The van der Waals surface area contributed by atoms with E-state index >= 15 is 0 Å². The van der Waals surface area contributed by atoms with Gasteiger partial charge in [0.1, 0.15) is 24.0 Å². The quantitative estimate of drug-likeness (QED) is 0.471. The average Bonchev–Trinajstić information content (AvgIpc) is 2.46. The molecule has 1 atom stereocenters. The third kappa shape index (κ3) is 3.91. The summed E-state index contributed by atoms with van der Waals surface area (Å²) in [5, 5.41) is 0.504. The number of rotatable bonds is 5. The molecule has 7 heteroatoms. The van der Waals surface area contributed by atoms with Gasteiger partial charge in [-0.2, -0.15) is 0 Å². The zero-order valence-electron chi connectivity index (χ0n) is 10.7. The van der Waals surface area contributed by atoms with E-state index in [0.717, 1.165) is 6.07 Å². The molecule has 0 saturated carbocycles. The summed E-state index contributed by atoms with van der Waals surface area (Å²) in [5.41, 5.74) is 2.17. The number of hydrogen-bond donors (Lipinski definition) is 2. The number of benzene rings is 2. The van der Waals surface area contributed by atoms with Crippen molar-refractivity contribution in [2.75, 3.05) is 6.61 Å². The van der Waals surface area contributed by atoms with E-state index in [-0.39, 0.29) is 16.6 Å². The highest BCUT2D eigenvalue weighted by Gasteiger charge is 2.22. The van der Waals surface area contributed by atoms with Crippen LogP contribution < -0.4 is 16.0 Å². The summed E-state index contributed by atoms with van der Waals surface area (Å²) in [6, 6.07) is 8.30. The van der Waals surface area contributed by atoms with Crippen LogP contribution in [-0.4, -0.2) is 6.61 Å². The first kappa shape index (κ1) is 16.2. The Labute approximate surface area is 134 Å². The van der Waals surface area contributed by atoms with E-state index in [9.17, 15) is 8.78 Å². The molecule has 0 radical (unpaired) electrons. The molecule has 0 saturated heterocycles. The highest BCUT2D eigenvalue weighted by atomic mass is 79.9. The van der Waals surface area contributed by atoms with Crippen LogP contribution in [0.25, 0.3) is 0 Å². The van der Waals surface area contributed by atoms with Crippen molar-refractivity contribution in [1.82, 2.24) is 5.43 Å². The van der Waals surface area contributed by atoms with Gasteiger partial charge in [0.2, 0.25) is 0 Å². The van der Waals surface area contributed by atoms with Gasteiger partial charge in [0.25, 0.3) is 0 Å². The van der Waals surface area contributed by atoms with Gasteiger partial charge in [-0.3, -0.25) is 5.84 Å². The minimum absolute atomic E-state index is 0.0544. The fourth-order valence-electron chi connectivity index (χ4n) is 1.81. The summed E-state index contributed by atoms with van der Waals surface area (Å²) in [4.78, 5) is 0. The van der Waals surface area contributed by atoms with E-state index in [0.29, 0.717) is 10.8 Å². The molecule has 0 aliphatic rings. The van der Waals surface area contributed by atoms with Crippen LogP contribution in [0.2, 0.25) is 5.02 Å². The van der Waals surface area contributed by atoms with Gasteiger partial charge >= 0.3 is 0 Å². The molecule has 0 heterocycles. The van der Waals surface area contributed by atoms with Crippen LogP contribution in [0.4, 0.5) is 8.78 Å².